The van der Waals surface area contributed by atoms with Crippen molar-refractivity contribution in [2.75, 3.05) is 11.1 Å². The number of aliphatic imine (C=N–C) groups is 1. The number of nitrogens with one attached hydrogen (secondary N) is 1. The topological polar surface area (TPSA) is 24.4 Å². The first-order valence-corrected chi connectivity index (χ1v) is 7.22. The van der Waals surface area contributed by atoms with Gasteiger partial charge in [-0.2, -0.15) is 0 Å². The van der Waals surface area contributed by atoms with Gasteiger partial charge in [0.15, 0.2) is 5.17 Å². The summed E-state index contributed by atoms with van der Waals surface area (Å²) in [7, 11) is 0. The van der Waals surface area contributed by atoms with E-state index in [1.165, 1.54) is 5.56 Å². The molecule has 2 nitrogen and oxygen atoms in total. The highest BCUT2D eigenvalue weighted by Gasteiger charge is 2.31. The van der Waals surface area contributed by atoms with E-state index < -0.39 is 0 Å². The normalized spacial score (nSPS) is 17.9. The van der Waals surface area contributed by atoms with Crippen molar-refractivity contribution < 1.29 is 0 Å². The van der Waals surface area contributed by atoms with Gasteiger partial charge in [-0.3, -0.25) is 4.99 Å². The Labute approximate surface area is 108 Å². The standard InChI is InChI=1S/C14H20N2S/c1-4-14(5-2)10-17-13(16-14)15-12-8-6-11(3)7-9-12/h6-9H,4-5,10H2,1-3H3,(H,15,16). The third-order valence-corrected chi connectivity index (χ3v) is 4.58. The summed E-state index contributed by atoms with van der Waals surface area (Å²) in [5, 5.41) is 4.47. The lowest BCUT2D eigenvalue weighted by Crippen LogP contribution is -2.24. The first-order valence-electron chi connectivity index (χ1n) is 6.24. The molecule has 0 aromatic heterocycles. The number of aryl methyl sites for hydroxylation is 1. The number of hydrogen-bond acceptors (Lipinski definition) is 3. The molecule has 0 fully saturated rings. The molecule has 1 aromatic rings. The smallest absolute Gasteiger partial charge is 0.161 e. The molecule has 1 heterocycles. The van der Waals surface area contributed by atoms with E-state index in [9.17, 15) is 0 Å². The highest BCUT2D eigenvalue weighted by atomic mass is 32.2. The number of rotatable bonds is 3. The van der Waals surface area contributed by atoms with Crippen LogP contribution in [0.4, 0.5) is 5.69 Å². The largest absolute Gasteiger partial charge is 0.335 e. The zero-order valence-electron chi connectivity index (χ0n) is 10.8. The Kier molecular flexibility index (Phi) is 3.77. The van der Waals surface area contributed by atoms with Gasteiger partial charge in [-0.1, -0.05) is 43.3 Å². The van der Waals surface area contributed by atoms with E-state index in [2.05, 4.69) is 50.4 Å². The average molecular weight is 248 g/mol. The SMILES string of the molecule is CCC1(CC)CSC(Nc2ccc(C)cc2)=N1. The number of amidine groups is 1. The Morgan fingerprint density at radius 3 is 2.41 bits per heavy atom. The van der Waals surface area contributed by atoms with E-state index in [0.29, 0.717) is 0 Å². The van der Waals surface area contributed by atoms with Crippen molar-refractivity contribution in [1.82, 2.24) is 0 Å². The molecule has 1 aliphatic heterocycles. The molecule has 92 valence electrons. The predicted molar refractivity (Wildman–Crippen MR) is 78.0 cm³/mol. The second-order valence-corrected chi connectivity index (χ2v) is 5.59. The van der Waals surface area contributed by atoms with Gasteiger partial charge in [0.25, 0.3) is 0 Å². The van der Waals surface area contributed by atoms with Crippen LogP contribution in [0.15, 0.2) is 29.3 Å². The molecule has 0 saturated heterocycles. The molecule has 17 heavy (non-hydrogen) atoms. The van der Waals surface area contributed by atoms with Crippen LogP contribution in [0.2, 0.25) is 0 Å². The summed E-state index contributed by atoms with van der Waals surface area (Å²) < 4.78 is 0. The molecule has 2 rings (SSSR count). The maximum absolute atomic E-state index is 4.84. The fourth-order valence-corrected chi connectivity index (χ4v) is 3.25. The summed E-state index contributed by atoms with van der Waals surface area (Å²) >= 11 is 1.84. The Balaban J connectivity index is 2.08. The van der Waals surface area contributed by atoms with Gasteiger partial charge in [-0.05, 0) is 31.9 Å². The quantitative estimate of drug-likeness (QED) is 0.872. The van der Waals surface area contributed by atoms with Crippen molar-refractivity contribution >= 4 is 22.6 Å². The zero-order valence-corrected chi connectivity index (χ0v) is 11.6. The van der Waals surface area contributed by atoms with Crippen LogP contribution in [0.1, 0.15) is 32.3 Å². The highest BCUT2D eigenvalue weighted by Crippen LogP contribution is 2.33. The molecule has 0 radical (unpaired) electrons. The minimum Gasteiger partial charge on any atom is -0.335 e. The van der Waals surface area contributed by atoms with Gasteiger partial charge in [0.1, 0.15) is 0 Å². The molecule has 1 N–H and O–H groups in total. The van der Waals surface area contributed by atoms with Crippen LogP contribution in [-0.2, 0) is 0 Å². The summed E-state index contributed by atoms with van der Waals surface area (Å²) in [6.07, 6.45) is 2.24. The average Bonchev–Trinajstić information content (AvgIpc) is 2.76. The second kappa shape index (κ2) is 5.13. The van der Waals surface area contributed by atoms with Crippen LogP contribution >= 0.6 is 11.8 Å². The van der Waals surface area contributed by atoms with Gasteiger partial charge in [-0.25, -0.2) is 0 Å². The predicted octanol–water partition coefficient (Wildman–Crippen LogP) is 4.07. The Hall–Kier alpha value is -0.960. The second-order valence-electron chi connectivity index (χ2n) is 4.63. The summed E-state index contributed by atoms with van der Waals surface area (Å²) in [6.45, 7) is 6.55. The van der Waals surface area contributed by atoms with Gasteiger partial charge in [0.2, 0.25) is 0 Å². The van der Waals surface area contributed by atoms with Gasteiger partial charge in [0.05, 0.1) is 5.54 Å². The van der Waals surface area contributed by atoms with E-state index in [-0.39, 0.29) is 5.54 Å². The number of thioether (sulfide) groups is 1. The van der Waals surface area contributed by atoms with Crippen LogP contribution in [0.3, 0.4) is 0 Å². The fraction of sp³-hybridized carbons (Fsp3) is 0.500. The van der Waals surface area contributed by atoms with Crippen molar-refractivity contribution in [2.24, 2.45) is 4.99 Å². The van der Waals surface area contributed by atoms with E-state index in [0.717, 1.165) is 29.4 Å². The molecule has 0 atom stereocenters. The first kappa shape index (κ1) is 12.5. The summed E-state index contributed by atoms with van der Waals surface area (Å²) in [6, 6.07) is 8.46. The highest BCUT2D eigenvalue weighted by molar-refractivity contribution is 8.14. The third-order valence-electron chi connectivity index (χ3n) is 3.44. The van der Waals surface area contributed by atoms with Crippen LogP contribution in [0.5, 0.6) is 0 Å². The van der Waals surface area contributed by atoms with Crippen LogP contribution in [-0.4, -0.2) is 16.5 Å². The summed E-state index contributed by atoms with van der Waals surface area (Å²) in [4.78, 5) is 4.84. The maximum Gasteiger partial charge on any atom is 0.161 e. The van der Waals surface area contributed by atoms with Crippen molar-refractivity contribution in [1.29, 1.82) is 0 Å². The molecule has 0 unspecified atom stereocenters. The third kappa shape index (κ3) is 2.83. The lowest BCUT2D eigenvalue weighted by molar-refractivity contribution is 0.456. The van der Waals surface area contributed by atoms with Gasteiger partial charge < -0.3 is 5.32 Å². The van der Waals surface area contributed by atoms with E-state index in [1.807, 2.05) is 11.8 Å². The molecule has 1 aromatic carbocycles. The van der Waals surface area contributed by atoms with Gasteiger partial charge in [-0.15, -0.1) is 0 Å². The van der Waals surface area contributed by atoms with Crippen molar-refractivity contribution in [2.45, 2.75) is 39.2 Å². The summed E-state index contributed by atoms with van der Waals surface area (Å²) in [5.74, 6) is 1.11. The molecular weight excluding hydrogens is 228 g/mol. The molecule has 0 bridgehead atoms. The monoisotopic (exact) mass is 248 g/mol. The maximum atomic E-state index is 4.84. The molecule has 0 amide bonds. The van der Waals surface area contributed by atoms with Crippen LogP contribution < -0.4 is 5.32 Å². The van der Waals surface area contributed by atoms with Gasteiger partial charge >= 0.3 is 0 Å². The minimum atomic E-state index is 0.164. The van der Waals surface area contributed by atoms with Crippen LogP contribution in [0.25, 0.3) is 0 Å². The van der Waals surface area contributed by atoms with Crippen molar-refractivity contribution in [3.63, 3.8) is 0 Å². The van der Waals surface area contributed by atoms with Crippen molar-refractivity contribution in [3.8, 4) is 0 Å². The fourth-order valence-electron chi connectivity index (χ4n) is 1.92. The molecule has 0 spiro atoms. The minimum absolute atomic E-state index is 0.164. The van der Waals surface area contributed by atoms with E-state index >= 15 is 0 Å². The molecule has 0 aliphatic carbocycles. The number of nitrogens with zero attached hydrogens (tertiary/aromatic N) is 1. The van der Waals surface area contributed by atoms with E-state index in [4.69, 9.17) is 4.99 Å². The molecule has 0 saturated carbocycles. The number of hydrogen-bond donors (Lipinski definition) is 1. The van der Waals surface area contributed by atoms with E-state index in [1.54, 1.807) is 0 Å². The molecule has 3 heteroatoms. The number of anilines is 1. The Morgan fingerprint density at radius 1 is 1.24 bits per heavy atom. The summed E-state index contributed by atoms with van der Waals surface area (Å²) in [5.41, 5.74) is 2.58. The Bertz CT molecular complexity index is 405. The lowest BCUT2D eigenvalue weighted by atomic mass is 9.97. The molecular formula is C14H20N2S. The first-order chi connectivity index (χ1) is 8.17. The Morgan fingerprint density at radius 2 is 1.88 bits per heavy atom. The molecule has 1 aliphatic rings. The van der Waals surface area contributed by atoms with Gasteiger partial charge in [0, 0.05) is 11.4 Å². The van der Waals surface area contributed by atoms with Crippen LogP contribution in [0, 0.1) is 6.92 Å². The lowest BCUT2D eigenvalue weighted by Gasteiger charge is -2.20. The number of benzene rings is 1. The van der Waals surface area contributed by atoms with Crippen molar-refractivity contribution in [3.05, 3.63) is 29.8 Å². The zero-order chi connectivity index (χ0) is 12.3.